The smallest absolute Gasteiger partial charge is 0.235 e. The lowest BCUT2D eigenvalue weighted by molar-refractivity contribution is 0.661. The van der Waals surface area contributed by atoms with Crippen LogP contribution in [0.25, 0.3) is 187 Å². The molecule has 1 aliphatic carbocycles. The molecule has 7 nitrogen and oxygen atoms in total. The Balaban J connectivity index is 0.000000134. The summed E-state index contributed by atoms with van der Waals surface area (Å²) in [7, 11) is 0. The van der Waals surface area contributed by atoms with Crippen LogP contribution in [0.5, 0.6) is 0 Å². The zero-order chi connectivity index (χ0) is 64.7. The fourth-order valence-electron chi connectivity index (χ4n) is 16.1. The molecule has 21 rings (SSSR count). The van der Waals surface area contributed by atoms with Crippen LogP contribution in [0.4, 0.5) is 0 Å². The second kappa shape index (κ2) is 21.6. The van der Waals surface area contributed by atoms with E-state index in [9.17, 15) is 0 Å². The molecule has 0 saturated carbocycles. The maximum Gasteiger partial charge on any atom is 0.235 e. The summed E-state index contributed by atoms with van der Waals surface area (Å²) in [6.45, 7) is 4.73. The van der Waals surface area contributed by atoms with Gasteiger partial charge in [-0.3, -0.25) is 9.13 Å². The van der Waals surface area contributed by atoms with Gasteiger partial charge in [-0.1, -0.05) is 275 Å². The lowest BCUT2D eigenvalue weighted by Crippen LogP contribution is -2.15. The van der Waals surface area contributed by atoms with E-state index in [2.05, 4.69) is 314 Å². The van der Waals surface area contributed by atoms with Crippen molar-refractivity contribution in [1.29, 1.82) is 0 Å². The van der Waals surface area contributed by atoms with Crippen molar-refractivity contribution >= 4 is 120 Å². The van der Waals surface area contributed by atoms with Gasteiger partial charge in [0.2, 0.25) is 11.9 Å². The molecule has 20 aromatic rings. The lowest BCUT2D eigenvalue weighted by Gasteiger charge is -2.23. The van der Waals surface area contributed by atoms with Crippen molar-refractivity contribution < 1.29 is 4.42 Å². The molecule has 5 heterocycles. The fraction of sp³-hybridized carbons (Fsp3) is 0.0330. The summed E-state index contributed by atoms with van der Waals surface area (Å²) >= 11 is 0. The summed E-state index contributed by atoms with van der Waals surface area (Å²) in [5.74, 6) is 1.29. The third kappa shape index (κ3) is 8.42. The summed E-state index contributed by atoms with van der Waals surface area (Å²) in [5, 5.41) is 16.4. The highest BCUT2D eigenvalue weighted by atomic mass is 16.3. The molecule has 458 valence electrons. The van der Waals surface area contributed by atoms with Crippen LogP contribution in [0, 0.1) is 0 Å². The number of benzene rings is 15. The third-order valence-electron chi connectivity index (χ3n) is 20.6. The number of hydrogen-bond acceptors (Lipinski definition) is 5. The molecule has 5 aromatic heterocycles. The second-order valence-corrected chi connectivity index (χ2v) is 26.4. The number of fused-ring (bicyclic) bond motifs is 20. The van der Waals surface area contributed by atoms with Crippen LogP contribution in [-0.4, -0.2) is 29.1 Å². The number of furan rings is 1. The quantitative estimate of drug-likeness (QED) is 0.166. The van der Waals surface area contributed by atoms with Crippen LogP contribution in [0.15, 0.2) is 320 Å². The Morgan fingerprint density at radius 1 is 0.286 bits per heavy atom. The van der Waals surface area contributed by atoms with Crippen molar-refractivity contribution in [2.24, 2.45) is 0 Å². The largest absolute Gasteiger partial charge is 0.455 e. The van der Waals surface area contributed by atoms with E-state index >= 15 is 0 Å². The van der Waals surface area contributed by atoms with Crippen LogP contribution in [0.3, 0.4) is 0 Å². The summed E-state index contributed by atoms with van der Waals surface area (Å²) in [6, 6.07) is 112. The van der Waals surface area contributed by atoms with Gasteiger partial charge in [0.05, 0.1) is 44.5 Å². The van der Waals surface area contributed by atoms with Crippen molar-refractivity contribution in [2.45, 2.75) is 19.3 Å². The number of aromatic nitrogens is 6. The molecule has 7 heteroatoms. The van der Waals surface area contributed by atoms with E-state index in [0.29, 0.717) is 11.9 Å². The van der Waals surface area contributed by atoms with Crippen molar-refractivity contribution in [3.8, 4) is 67.8 Å². The van der Waals surface area contributed by atoms with Crippen molar-refractivity contribution in [2.75, 3.05) is 0 Å². The molecular weight excluding hydrogens is 1190 g/mol. The van der Waals surface area contributed by atoms with Crippen molar-refractivity contribution in [3.63, 3.8) is 0 Å². The first-order valence-electron chi connectivity index (χ1n) is 33.5. The molecule has 1 aliphatic rings. The maximum atomic E-state index is 6.50. The van der Waals surface area contributed by atoms with Gasteiger partial charge in [0, 0.05) is 59.6 Å². The van der Waals surface area contributed by atoms with Gasteiger partial charge in [-0.2, -0.15) is 0 Å². The zero-order valence-electron chi connectivity index (χ0n) is 53.6. The van der Waals surface area contributed by atoms with E-state index in [-0.39, 0.29) is 5.41 Å². The van der Waals surface area contributed by atoms with Gasteiger partial charge in [0.1, 0.15) is 11.2 Å². The molecule has 0 amide bonds. The first-order valence-corrected chi connectivity index (χ1v) is 33.5. The van der Waals surface area contributed by atoms with E-state index in [1.807, 2.05) is 24.3 Å². The number of nitrogens with zero attached hydrogens (tertiary/aromatic N) is 6. The molecule has 0 radical (unpaired) electrons. The molecular formula is C91H58N6O. The molecule has 0 aliphatic heterocycles. The normalized spacial score (nSPS) is 12.7. The predicted octanol–water partition coefficient (Wildman–Crippen LogP) is 23.8. The van der Waals surface area contributed by atoms with Gasteiger partial charge < -0.3 is 4.42 Å². The number of rotatable bonds is 6. The summed E-state index contributed by atoms with van der Waals surface area (Å²) in [5.41, 5.74) is 21.7. The molecule has 0 saturated heterocycles. The highest BCUT2D eigenvalue weighted by Crippen LogP contribution is 2.54. The first-order chi connectivity index (χ1) is 48.4. The van der Waals surface area contributed by atoms with Gasteiger partial charge in [-0.15, -0.1) is 0 Å². The van der Waals surface area contributed by atoms with Crippen molar-refractivity contribution in [3.05, 3.63) is 327 Å². The second-order valence-electron chi connectivity index (χ2n) is 26.4. The zero-order valence-corrected chi connectivity index (χ0v) is 53.6. The minimum absolute atomic E-state index is 0.116. The Morgan fingerprint density at radius 2 is 0.776 bits per heavy atom. The summed E-state index contributed by atoms with van der Waals surface area (Å²) in [4.78, 5) is 21.3. The molecule has 0 unspecified atom stereocenters. The molecule has 0 atom stereocenters. The molecule has 0 N–H and O–H groups in total. The van der Waals surface area contributed by atoms with Crippen LogP contribution in [0.1, 0.15) is 25.0 Å². The average Bonchev–Trinajstić information content (AvgIpc) is 1.56. The van der Waals surface area contributed by atoms with E-state index < -0.39 is 0 Å². The van der Waals surface area contributed by atoms with Gasteiger partial charge in [0.15, 0.2) is 0 Å². The molecule has 0 bridgehead atoms. The fourth-order valence-corrected chi connectivity index (χ4v) is 16.1. The SMILES string of the molecule is CC1(C)c2ccccc2-c2c1cc(-c1ccc3c4c5ccccc5ccc4n(-c4nc(-c5ccccc5)c5ccccc5n4)c3c1)c1ccccc21.c1ccc(-c2ccc3c4c5ccccc5ccc4n(-c4nc(-c5cccc6c5oc5ccccc56)c5ccccc5n4)c3c2)cc1. The predicted molar refractivity (Wildman–Crippen MR) is 407 cm³/mol. The monoisotopic (exact) mass is 1250 g/mol. The highest BCUT2D eigenvalue weighted by Gasteiger charge is 2.37. The van der Waals surface area contributed by atoms with Crippen LogP contribution in [-0.2, 0) is 5.41 Å². The van der Waals surface area contributed by atoms with Gasteiger partial charge in [0.25, 0.3) is 0 Å². The Hall–Kier alpha value is -12.8. The molecule has 98 heavy (non-hydrogen) atoms. The average molecular weight is 1250 g/mol. The maximum absolute atomic E-state index is 6.50. The summed E-state index contributed by atoms with van der Waals surface area (Å²) in [6.07, 6.45) is 0. The van der Waals surface area contributed by atoms with Crippen LogP contribution >= 0.6 is 0 Å². The van der Waals surface area contributed by atoms with E-state index in [4.69, 9.17) is 24.4 Å². The number of hydrogen-bond donors (Lipinski definition) is 0. The summed E-state index contributed by atoms with van der Waals surface area (Å²) < 4.78 is 11.0. The third-order valence-corrected chi connectivity index (χ3v) is 20.6. The van der Waals surface area contributed by atoms with Gasteiger partial charge in [-0.05, 0) is 131 Å². The van der Waals surface area contributed by atoms with Crippen molar-refractivity contribution in [1.82, 2.24) is 29.1 Å². The Bertz CT molecular complexity index is 6720. The van der Waals surface area contributed by atoms with E-state index in [1.165, 1.54) is 92.8 Å². The minimum Gasteiger partial charge on any atom is -0.455 e. The number of para-hydroxylation sites is 4. The van der Waals surface area contributed by atoms with Gasteiger partial charge >= 0.3 is 0 Å². The lowest BCUT2D eigenvalue weighted by atomic mass is 9.80. The van der Waals surface area contributed by atoms with E-state index in [1.54, 1.807) is 0 Å². The standard InChI is InChI=1S/C49H33N3.C42H25N3O/c1-49(2)40-22-12-10-20-36(40)45-35-19-9-8-18-34(35)39(29-41(45)49)32-24-26-38-44(28-32)52(43-27-25-30-14-6-7-17-33(30)46(38)43)48-50-42-23-13-11-21-37(42)47(51-48)31-15-4-3-5-16-31;1-2-11-26(12-3-1)28-21-23-33-37(25-28)45(36-24-22-27-13-4-5-14-29(27)39(33)36)42-43-35-19-8-6-16-32(35)40(44-42)34-18-10-17-31-30-15-7-9-20-38(30)46-41(31)34/h3-29H,1-2H3;1-25H. The topological polar surface area (TPSA) is 74.6 Å². The van der Waals surface area contributed by atoms with Crippen LogP contribution < -0.4 is 0 Å². The Kier molecular flexibility index (Phi) is 12.3. The van der Waals surface area contributed by atoms with Crippen LogP contribution in [0.2, 0.25) is 0 Å². The Morgan fingerprint density at radius 3 is 1.44 bits per heavy atom. The molecule has 0 fully saturated rings. The molecule has 0 spiro atoms. The van der Waals surface area contributed by atoms with E-state index in [0.717, 1.165) is 93.9 Å². The minimum atomic E-state index is -0.116. The highest BCUT2D eigenvalue weighted by molar-refractivity contribution is 6.24. The Labute approximate surface area is 563 Å². The van der Waals surface area contributed by atoms with Gasteiger partial charge in [-0.25, -0.2) is 19.9 Å². The first kappa shape index (κ1) is 55.6. The molecule has 15 aromatic carbocycles.